The Morgan fingerprint density at radius 2 is 1.84 bits per heavy atom. The van der Waals surface area contributed by atoms with Crippen molar-refractivity contribution in [2.24, 2.45) is 0 Å². The summed E-state index contributed by atoms with van der Waals surface area (Å²) in [5.41, 5.74) is 1.54. The van der Waals surface area contributed by atoms with E-state index in [0.29, 0.717) is 12.1 Å². The van der Waals surface area contributed by atoms with Gasteiger partial charge in [-0.05, 0) is 25.5 Å². The molecule has 0 spiro atoms. The number of anilines is 1. The average Bonchev–Trinajstić information content (AvgIpc) is 2.35. The second kappa shape index (κ2) is 6.06. The van der Waals surface area contributed by atoms with Crippen molar-refractivity contribution in [3.63, 3.8) is 0 Å². The van der Waals surface area contributed by atoms with Crippen LogP contribution in [-0.4, -0.2) is 33.7 Å². The van der Waals surface area contributed by atoms with Crippen molar-refractivity contribution in [2.75, 3.05) is 17.6 Å². The Hall–Kier alpha value is -1.56. The Labute approximate surface area is 114 Å². The van der Waals surface area contributed by atoms with Crippen LogP contribution in [0.2, 0.25) is 0 Å². The summed E-state index contributed by atoms with van der Waals surface area (Å²) in [5.74, 6) is -0.312. The topological polar surface area (TPSA) is 66.5 Å². The first kappa shape index (κ1) is 15.5. The minimum Gasteiger partial charge on any atom is -0.357 e. The predicted octanol–water partition coefficient (Wildman–Crippen LogP) is 1.29. The highest BCUT2D eigenvalue weighted by Gasteiger charge is 2.30. The number of amides is 1. The van der Waals surface area contributed by atoms with Gasteiger partial charge in [0.1, 0.15) is 6.04 Å². The Morgan fingerprint density at radius 3 is 2.21 bits per heavy atom. The van der Waals surface area contributed by atoms with Gasteiger partial charge >= 0.3 is 0 Å². The molecule has 5 nitrogen and oxygen atoms in total. The summed E-state index contributed by atoms with van der Waals surface area (Å²) in [6.07, 6.45) is 1.51. The zero-order chi connectivity index (χ0) is 14.6. The summed E-state index contributed by atoms with van der Waals surface area (Å²) in [7, 11) is -2.02. The number of carbonyl (C=O) groups is 1. The minimum atomic E-state index is -3.52. The molecule has 0 aliphatic rings. The van der Waals surface area contributed by atoms with Gasteiger partial charge in [-0.25, -0.2) is 8.42 Å². The maximum absolute atomic E-state index is 12.0. The first-order valence-electron chi connectivity index (χ1n) is 6.09. The van der Waals surface area contributed by atoms with Crippen molar-refractivity contribution < 1.29 is 13.2 Å². The lowest BCUT2D eigenvalue weighted by atomic mass is 10.1. The van der Waals surface area contributed by atoms with E-state index in [1.54, 1.807) is 19.1 Å². The molecule has 1 atom stereocenters. The highest BCUT2D eigenvalue weighted by Crippen LogP contribution is 2.22. The molecule has 0 fully saturated rings. The zero-order valence-electron chi connectivity index (χ0n) is 11.7. The maximum Gasteiger partial charge on any atom is 0.243 e. The number of rotatable bonds is 5. The van der Waals surface area contributed by atoms with Crippen LogP contribution in [0.15, 0.2) is 24.3 Å². The van der Waals surface area contributed by atoms with Gasteiger partial charge in [0.05, 0.1) is 11.9 Å². The Bertz CT molecular complexity index is 538. The van der Waals surface area contributed by atoms with Crippen molar-refractivity contribution in [3.8, 4) is 0 Å². The zero-order valence-corrected chi connectivity index (χ0v) is 12.5. The van der Waals surface area contributed by atoms with E-state index in [-0.39, 0.29) is 5.91 Å². The fourth-order valence-corrected chi connectivity index (χ4v) is 3.13. The van der Waals surface area contributed by atoms with Crippen molar-refractivity contribution in [3.05, 3.63) is 29.8 Å². The number of benzene rings is 1. The highest BCUT2D eigenvalue weighted by molar-refractivity contribution is 7.92. The van der Waals surface area contributed by atoms with Crippen LogP contribution in [0.4, 0.5) is 5.69 Å². The second-order valence-corrected chi connectivity index (χ2v) is 6.29. The van der Waals surface area contributed by atoms with E-state index in [4.69, 9.17) is 0 Å². The Kier molecular flexibility index (Phi) is 4.94. The van der Waals surface area contributed by atoms with Crippen LogP contribution in [0.5, 0.6) is 0 Å². The van der Waals surface area contributed by atoms with Gasteiger partial charge in [-0.3, -0.25) is 9.10 Å². The fourth-order valence-electron chi connectivity index (χ4n) is 1.92. The Balaban J connectivity index is 3.29. The van der Waals surface area contributed by atoms with E-state index >= 15 is 0 Å². The molecule has 106 valence electrons. The summed E-state index contributed by atoms with van der Waals surface area (Å²) in [5, 5.41) is 2.50. The molecule has 0 unspecified atom stereocenters. The lowest BCUT2D eigenvalue weighted by Gasteiger charge is -2.29. The minimum absolute atomic E-state index is 0.312. The molecule has 0 heterocycles. The van der Waals surface area contributed by atoms with Crippen LogP contribution in [-0.2, 0) is 14.8 Å². The molecule has 0 saturated carbocycles. The van der Waals surface area contributed by atoms with Gasteiger partial charge < -0.3 is 5.32 Å². The molecular formula is C13H20N2O3S. The Morgan fingerprint density at radius 1 is 1.32 bits per heavy atom. The van der Waals surface area contributed by atoms with E-state index in [9.17, 15) is 13.2 Å². The van der Waals surface area contributed by atoms with Crippen LogP contribution < -0.4 is 9.62 Å². The van der Waals surface area contributed by atoms with E-state index in [2.05, 4.69) is 5.32 Å². The highest BCUT2D eigenvalue weighted by atomic mass is 32.2. The van der Waals surface area contributed by atoms with Crippen LogP contribution in [0.25, 0.3) is 0 Å². The van der Waals surface area contributed by atoms with E-state index in [0.717, 1.165) is 11.8 Å². The number of hydrogen-bond acceptors (Lipinski definition) is 3. The molecule has 0 saturated heterocycles. The summed E-state index contributed by atoms with van der Waals surface area (Å²) in [4.78, 5) is 11.9. The molecule has 1 aromatic carbocycles. The number of nitrogens with zero attached hydrogens (tertiary/aromatic N) is 1. The molecule has 1 amide bonds. The molecule has 0 radical (unpaired) electrons. The van der Waals surface area contributed by atoms with Crippen molar-refractivity contribution in [1.29, 1.82) is 0 Å². The fraction of sp³-hybridized carbons (Fsp3) is 0.462. The molecule has 1 aromatic rings. The molecule has 0 aromatic heterocycles. The molecule has 1 N–H and O–H groups in total. The third-order valence-corrected chi connectivity index (χ3v) is 4.04. The number of sulfonamides is 1. The van der Waals surface area contributed by atoms with E-state index < -0.39 is 16.1 Å². The van der Waals surface area contributed by atoms with Gasteiger partial charge in [-0.1, -0.05) is 24.6 Å². The standard InChI is InChI=1S/C13H20N2O3S/c1-5-12(13(16)14-3)15(19(4,17)18)11-8-6-10(2)7-9-11/h6-9,12H,5H2,1-4H3,(H,14,16)/t12-/m0/s1. The molecule has 6 heteroatoms. The molecular weight excluding hydrogens is 264 g/mol. The molecule has 0 bridgehead atoms. The van der Waals surface area contributed by atoms with Crippen molar-refractivity contribution in [2.45, 2.75) is 26.3 Å². The lowest BCUT2D eigenvalue weighted by Crippen LogP contribution is -2.48. The van der Waals surface area contributed by atoms with Crippen molar-refractivity contribution in [1.82, 2.24) is 5.32 Å². The van der Waals surface area contributed by atoms with Gasteiger partial charge in [0.25, 0.3) is 0 Å². The third kappa shape index (κ3) is 3.70. The number of carbonyl (C=O) groups excluding carboxylic acids is 1. The molecule has 19 heavy (non-hydrogen) atoms. The van der Waals surface area contributed by atoms with Crippen LogP contribution in [0, 0.1) is 6.92 Å². The maximum atomic E-state index is 12.0. The van der Waals surface area contributed by atoms with Crippen LogP contribution in [0.1, 0.15) is 18.9 Å². The summed E-state index contributed by atoms with van der Waals surface area (Å²) in [6.45, 7) is 3.71. The summed E-state index contributed by atoms with van der Waals surface area (Å²) >= 11 is 0. The number of hydrogen-bond donors (Lipinski definition) is 1. The number of likely N-dealkylation sites (N-methyl/N-ethyl adjacent to an activating group) is 1. The first-order chi connectivity index (χ1) is 8.81. The van der Waals surface area contributed by atoms with Crippen LogP contribution >= 0.6 is 0 Å². The van der Waals surface area contributed by atoms with E-state index in [1.165, 1.54) is 11.4 Å². The largest absolute Gasteiger partial charge is 0.357 e. The molecule has 0 aliphatic heterocycles. The average molecular weight is 284 g/mol. The first-order valence-corrected chi connectivity index (χ1v) is 7.93. The van der Waals surface area contributed by atoms with Gasteiger partial charge in [-0.15, -0.1) is 0 Å². The number of aryl methyl sites for hydroxylation is 1. The monoisotopic (exact) mass is 284 g/mol. The van der Waals surface area contributed by atoms with E-state index in [1.807, 2.05) is 19.1 Å². The molecule has 1 rings (SSSR count). The van der Waals surface area contributed by atoms with Gasteiger partial charge in [-0.2, -0.15) is 0 Å². The summed E-state index contributed by atoms with van der Waals surface area (Å²) < 4.78 is 25.1. The number of nitrogens with one attached hydrogen (secondary N) is 1. The lowest BCUT2D eigenvalue weighted by molar-refractivity contribution is -0.121. The van der Waals surface area contributed by atoms with Gasteiger partial charge in [0.2, 0.25) is 15.9 Å². The normalized spacial score (nSPS) is 12.8. The van der Waals surface area contributed by atoms with Crippen LogP contribution in [0.3, 0.4) is 0 Å². The van der Waals surface area contributed by atoms with Crippen molar-refractivity contribution >= 4 is 21.6 Å². The predicted molar refractivity (Wildman–Crippen MR) is 76.6 cm³/mol. The quantitative estimate of drug-likeness (QED) is 0.886. The summed E-state index contributed by atoms with van der Waals surface area (Å²) in [6, 6.07) is 6.33. The second-order valence-electron chi connectivity index (χ2n) is 4.43. The third-order valence-electron chi connectivity index (χ3n) is 2.86. The van der Waals surface area contributed by atoms with Gasteiger partial charge in [0, 0.05) is 7.05 Å². The van der Waals surface area contributed by atoms with Gasteiger partial charge in [0.15, 0.2) is 0 Å². The SMILES string of the molecule is CC[C@@H](C(=O)NC)N(c1ccc(C)cc1)S(C)(=O)=O. The molecule has 0 aliphatic carbocycles. The smallest absolute Gasteiger partial charge is 0.243 e.